The lowest BCUT2D eigenvalue weighted by Gasteiger charge is -2.26. The fraction of sp³-hybridized carbons (Fsp3) is 0.538. The second-order valence-electron chi connectivity index (χ2n) is 4.65. The third kappa shape index (κ3) is 3.38. The smallest absolute Gasteiger partial charge is 0.390 e. The quantitative estimate of drug-likeness (QED) is 0.872. The van der Waals surface area contributed by atoms with Gasteiger partial charge in [0, 0.05) is 12.6 Å². The minimum atomic E-state index is -4.12. The highest BCUT2D eigenvalue weighted by molar-refractivity contribution is 5.38. The van der Waals surface area contributed by atoms with E-state index >= 15 is 0 Å². The molecule has 1 aliphatic rings. The number of fused-ring (bicyclic) bond motifs is 1. The normalized spacial score (nSPS) is 19.6. The Hall–Kier alpha value is -1.23. The zero-order valence-corrected chi connectivity index (χ0v) is 9.93. The van der Waals surface area contributed by atoms with Crippen molar-refractivity contribution < 1.29 is 18.3 Å². The maximum Gasteiger partial charge on any atom is 0.390 e. The van der Waals surface area contributed by atoms with E-state index in [4.69, 9.17) is 0 Å². The molecule has 5 heteroatoms. The van der Waals surface area contributed by atoms with Crippen molar-refractivity contribution in [2.24, 2.45) is 0 Å². The first-order chi connectivity index (χ1) is 8.46. The first kappa shape index (κ1) is 13.2. The van der Waals surface area contributed by atoms with Gasteiger partial charge in [0.05, 0.1) is 6.42 Å². The molecule has 2 rings (SSSR count). The molecular weight excluding hydrogens is 243 g/mol. The van der Waals surface area contributed by atoms with Crippen molar-refractivity contribution in [2.75, 3.05) is 6.54 Å². The Morgan fingerprint density at radius 2 is 2.11 bits per heavy atom. The minimum absolute atomic E-state index is 0.0801. The van der Waals surface area contributed by atoms with Crippen LogP contribution in [-0.4, -0.2) is 17.8 Å². The number of phenolic OH excluding ortho intramolecular Hbond substituents is 1. The third-order valence-electron chi connectivity index (χ3n) is 3.24. The maximum absolute atomic E-state index is 12.1. The Bertz CT molecular complexity index is 417. The van der Waals surface area contributed by atoms with Crippen LogP contribution in [0.25, 0.3) is 0 Å². The molecule has 1 unspecified atom stereocenters. The molecular formula is C13H16F3NO. The molecule has 0 aliphatic heterocycles. The van der Waals surface area contributed by atoms with Crippen LogP contribution in [-0.2, 0) is 6.42 Å². The lowest BCUT2D eigenvalue weighted by Crippen LogP contribution is -2.28. The fourth-order valence-corrected chi connectivity index (χ4v) is 2.39. The highest BCUT2D eigenvalue weighted by Crippen LogP contribution is 2.32. The van der Waals surface area contributed by atoms with E-state index in [0.29, 0.717) is 0 Å². The van der Waals surface area contributed by atoms with Crippen LogP contribution in [0.1, 0.15) is 36.4 Å². The number of hydrogen-bond donors (Lipinski definition) is 2. The van der Waals surface area contributed by atoms with Crippen LogP contribution in [0.4, 0.5) is 13.2 Å². The van der Waals surface area contributed by atoms with E-state index in [1.165, 1.54) is 0 Å². The highest BCUT2D eigenvalue weighted by Gasteiger charge is 2.27. The molecule has 0 radical (unpaired) electrons. The van der Waals surface area contributed by atoms with Crippen LogP contribution < -0.4 is 5.32 Å². The average molecular weight is 259 g/mol. The van der Waals surface area contributed by atoms with Crippen molar-refractivity contribution in [1.82, 2.24) is 5.32 Å². The molecule has 100 valence electrons. The van der Waals surface area contributed by atoms with Gasteiger partial charge in [0.1, 0.15) is 5.75 Å². The maximum atomic E-state index is 12.1. The number of rotatable bonds is 3. The monoisotopic (exact) mass is 259 g/mol. The fourth-order valence-electron chi connectivity index (χ4n) is 2.39. The summed E-state index contributed by atoms with van der Waals surface area (Å²) >= 11 is 0. The number of hydrogen-bond acceptors (Lipinski definition) is 2. The van der Waals surface area contributed by atoms with E-state index in [-0.39, 0.29) is 18.3 Å². The molecule has 0 amide bonds. The first-order valence-electron chi connectivity index (χ1n) is 6.07. The first-order valence-corrected chi connectivity index (χ1v) is 6.07. The predicted molar refractivity (Wildman–Crippen MR) is 62.5 cm³/mol. The van der Waals surface area contributed by atoms with Gasteiger partial charge in [0.15, 0.2) is 0 Å². The van der Waals surface area contributed by atoms with E-state index in [2.05, 4.69) is 5.32 Å². The van der Waals surface area contributed by atoms with Gasteiger partial charge in [-0.25, -0.2) is 0 Å². The summed E-state index contributed by atoms with van der Waals surface area (Å²) in [5.74, 6) is 0.165. The van der Waals surface area contributed by atoms with Crippen LogP contribution in [0, 0.1) is 0 Å². The molecule has 1 aromatic carbocycles. The van der Waals surface area contributed by atoms with Crippen LogP contribution in [0.2, 0.25) is 0 Å². The van der Waals surface area contributed by atoms with Gasteiger partial charge in [-0.2, -0.15) is 13.2 Å². The van der Waals surface area contributed by atoms with Gasteiger partial charge in [-0.1, -0.05) is 6.07 Å². The molecule has 2 nitrogen and oxygen atoms in total. The van der Waals surface area contributed by atoms with Crippen molar-refractivity contribution in [3.8, 4) is 5.75 Å². The molecule has 0 saturated carbocycles. The predicted octanol–water partition coefficient (Wildman–Crippen LogP) is 3.31. The molecule has 2 N–H and O–H groups in total. The zero-order chi connectivity index (χ0) is 13.2. The lowest BCUT2D eigenvalue weighted by atomic mass is 9.87. The van der Waals surface area contributed by atoms with Gasteiger partial charge >= 0.3 is 6.18 Å². The SMILES string of the molecule is Oc1ccc2c(c1)C(NCCC(F)(F)F)CCC2. The number of nitrogens with one attached hydrogen (secondary N) is 1. The minimum Gasteiger partial charge on any atom is -0.508 e. The van der Waals surface area contributed by atoms with Crippen molar-refractivity contribution in [1.29, 1.82) is 0 Å². The third-order valence-corrected chi connectivity index (χ3v) is 3.24. The second kappa shape index (κ2) is 5.18. The number of aryl methyl sites for hydroxylation is 1. The van der Waals surface area contributed by atoms with Gasteiger partial charge in [-0.3, -0.25) is 0 Å². The van der Waals surface area contributed by atoms with Crippen LogP contribution >= 0.6 is 0 Å². The van der Waals surface area contributed by atoms with E-state index in [1.807, 2.05) is 6.07 Å². The zero-order valence-electron chi connectivity index (χ0n) is 9.93. The van der Waals surface area contributed by atoms with Gasteiger partial charge < -0.3 is 10.4 Å². The molecule has 0 aromatic heterocycles. The van der Waals surface area contributed by atoms with E-state index < -0.39 is 12.6 Å². The standard InChI is InChI=1S/C13H16F3NO/c14-13(15,16)6-7-17-12-3-1-2-9-4-5-10(18)8-11(9)12/h4-5,8,12,17-18H,1-3,6-7H2. The Labute approximate surface area is 104 Å². The molecule has 1 aliphatic carbocycles. The van der Waals surface area contributed by atoms with E-state index in [1.54, 1.807) is 12.1 Å². The van der Waals surface area contributed by atoms with E-state index in [9.17, 15) is 18.3 Å². The largest absolute Gasteiger partial charge is 0.508 e. The summed E-state index contributed by atoms with van der Waals surface area (Å²) in [6.07, 6.45) is -2.25. The Balaban J connectivity index is 2.01. The molecule has 0 saturated heterocycles. The van der Waals surface area contributed by atoms with Crippen molar-refractivity contribution in [3.05, 3.63) is 29.3 Å². The molecule has 18 heavy (non-hydrogen) atoms. The van der Waals surface area contributed by atoms with Crippen molar-refractivity contribution in [3.63, 3.8) is 0 Å². The average Bonchev–Trinajstić information content (AvgIpc) is 2.28. The van der Waals surface area contributed by atoms with Gasteiger partial charge in [-0.15, -0.1) is 0 Å². The highest BCUT2D eigenvalue weighted by atomic mass is 19.4. The summed E-state index contributed by atoms with van der Waals surface area (Å²) in [6, 6.07) is 5.04. The molecule has 1 aromatic rings. The lowest BCUT2D eigenvalue weighted by molar-refractivity contribution is -0.133. The topological polar surface area (TPSA) is 32.3 Å². The van der Waals surface area contributed by atoms with Gasteiger partial charge in [-0.05, 0) is 42.5 Å². The summed E-state index contributed by atoms with van der Waals surface area (Å²) in [4.78, 5) is 0. The van der Waals surface area contributed by atoms with Crippen LogP contribution in [0.15, 0.2) is 18.2 Å². The number of halogens is 3. The molecule has 0 fully saturated rings. The summed E-state index contributed by atoms with van der Waals surface area (Å²) in [6.45, 7) is -0.0801. The Morgan fingerprint density at radius 1 is 1.33 bits per heavy atom. The summed E-state index contributed by atoms with van der Waals surface area (Å²) in [5, 5.41) is 12.4. The van der Waals surface area contributed by atoms with E-state index in [0.717, 1.165) is 30.4 Å². The Kier molecular flexibility index (Phi) is 3.80. The number of phenols is 1. The van der Waals surface area contributed by atoms with Crippen LogP contribution in [0.3, 0.4) is 0 Å². The van der Waals surface area contributed by atoms with Crippen LogP contribution in [0.5, 0.6) is 5.75 Å². The second-order valence-corrected chi connectivity index (χ2v) is 4.65. The molecule has 0 spiro atoms. The summed E-state index contributed by atoms with van der Waals surface area (Å²) in [7, 11) is 0. The molecule has 0 heterocycles. The van der Waals surface area contributed by atoms with Crippen molar-refractivity contribution in [2.45, 2.75) is 37.9 Å². The van der Waals surface area contributed by atoms with Crippen molar-refractivity contribution >= 4 is 0 Å². The number of alkyl halides is 3. The summed E-state index contributed by atoms with van der Waals surface area (Å²) < 4.78 is 36.3. The molecule has 0 bridgehead atoms. The summed E-state index contributed by atoms with van der Waals surface area (Å²) in [5.41, 5.74) is 2.05. The number of aromatic hydroxyl groups is 1. The Morgan fingerprint density at radius 3 is 2.83 bits per heavy atom. The number of benzene rings is 1. The van der Waals surface area contributed by atoms with Gasteiger partial charge in [0.2, 0.25) is 0 Å². The van der Waals surface area contributed by atoms with Gasteiger partial charge in [0.25, 0.3) is 0 Å². The molecule has 1 atom stereocenters.